The highest BCUT2D eigenvalue weighted by Gasteiger charge is 2.22. The van der Waals surface area contributed by atoms with Crippen molar-refractivity contribution in [1.82, 2.24) is 9.55 Å². The Kier molecular flexibility index (Phi) is 1.85. The summed E-state index contributed by atoms with van der Waals surface area (Å²) in [7, 11) is 0. The predicted molar refractivity (Wildman–Crippen MR) is 57.5 cm³/mol. The molecule has 0 radical (unpaired) electrons. The molecule has 0 aliphatic carbocycles. The number of rotatable bonds is 0. The zero-order chi connectivity index (χ0) is 11.3. The van der Waals surface area contributed by atoms with Gasteiger partial charge < -0.3 is 5.73 Å². The first-order chi connectivity index (χ1) is 7.66. The van der Waals surface area contributed by atoms with Crippen LogP contribution in [0.2, 0.25) is 0 Å². The highest BCUT2D eigenvalue weighted by atomic mass is 19.1. The van der Waals surface area contributed by atoms with E-state index in [0.29, 0.717) is 29.7 Å². The molecule has 3 rings (SSSR count). The van der Waals surface area contributed by atoms with E-state index in [4.69, 9.17) is 5.73 Å². The molecule has 0 unspecified atom stereocenters. The molecule has 82 valence electrons. The standard InChI is InChI=1S/C11H10FN3O/c12-6-1-2-9-7(5-6)11(16)15-4-3-8(13)10(15)14-9/h1-2,5,8H,3-4,13H2/t8-/m0/s1. The lowest BCUT2D eigenvalue weighted by molar-refractivity contribution is 0.628. The molecule has 1 aromatic heterocycles. The number of fused-ring (bicyclic) bond motifs is 2. The molecule has 0 spiro atoms. The van der Waals surface area contributed by atoms with Gasteiger partial charge in [-0.25, -0.2) is 9.37 Å². The van der Waals surface area contributed by atoms with E-state index in [9.17, 15) is 9.18 Å². The van der Waals surface area contributed by atoms with Crippen LogP contribution in [0, 0.1) is 5.82 Å². The summed E-state index contributed by atoms with van der Waals surface area (Å²) < 4.78 is 14.6. The lowest BCUT2D eigenvalue weighted by Gasteiger charge is -2.06. The average molecular weight is 219 g/mol. The van der Waals surface area contributed by atoms with Gasteiger partial charge in [-0.2, -0.15) is 0 Å². The van der Waals surface area contributed by atoms with Gasteiger partial charge in [-0.05, 0) is 24.6 Å². The van der Waals surface area contributed by atoms with Gasteiger partial charge in [0.25, 0.3) is 5.56 Å². The first kappa shape index (κ1) is 9.47. The smallest absolute Gasteiger partial charge is 0.261 e. The van der Waals surface area contributed by atoms with Crippen molar-refractivity contribution >= 4 is 10.9 Å². The van der Waals surface area contributed by atoms with Crippen LogP contribution in [0.5, 0.6) is 0 Å². The molecule has 16 heavy (non-hydrogen) atoms. The van der Waals surface area contributed by atoms with Crippen molar-refractivity contribution in [3.05, 3.63) is 40.2 Å². The van der Waals surface area contributed by atoms with Gasteiger partial charge in [0.05, 0.1) is 16.9 Å². The Morgan fingerprint density at radius 3 is 3.12 bits per heavy atom. The number of nitrogens with zero attached hydrogens (tertiary/aromatic N) is 2. The fourth-order valence-corrected chi connectivity index (χ4v) is 2.11. The first-order valence-corrected chi connectivity index (χ1v) is 5.12. The third-order valence-electron chi connectivity index (χ3n) is 2.94. The number of aromatic nitrogens is 2. The molecule has 0 saturated carbocycles. The molecule has 0 amide bonds. The zero-order valence-electron chi connectivity index (χ0n) is 8.48. The van der Waals surface area contributed by atoms with Crippen molar-refractivity contribution in [1.29, 1.82) is 0 Å². The molecular formula is C11H10FN3O. The Hall–Kier alpha value is -1.75. The van der Waals surface area contributed by atoms with Crippen LogP contribution >= 0.6 is 0 Å². The van der Waals surface area contributed by atoms with Gasteiger partial charge in [-0.3, -0.25) is 9.36 Å². The minimum absolute atomic E-state index is 0.192. The van der Waals surface area contributed by atoms with Gasteiger partial charge in [0.2, 0.25) is 0 Å². The van der Waals surface area contributed by atoms with Gasteiger partial charge in [-0.1, -0.05) is 0 Å². The van der Waals surface area contributed by atoms with Crippen LogP contribution in [0.25, 0.3) is 10.9 Å². The maximum Gasteiger partial charge on any atom is 0.261 e. The van der Waals surface area contributed by atoms with Gasteiger partial charge >= 0.3 is 0 Å². The van der Waals surface area contributed by atoms with E-state index in [1.165, 1.54) is 22.8 Å². The molecule has 5 heteroatoms. The van der Waals surface area contributed by atoms with E-state index in [2.05, 4.69) is 4.98 Å². The lowest BCUT2D eigenvalue weighted by atomic mass is 10.2. The largest absolute Gasteiger partial charge is 0.321 e. The minimum Gasteiger partial charge on any atom is -0.321 e. The molecule has 2 N–H and O–H groups in total. The highest BCUT2D eigenvalue weighted by Crippen LogP contribution is 2.21. The third kappa shape index (κ3) is 1.18. The number of hydrogen-bond acceptors (Lipinski definition) is 3. The van der Waals surface area contributed by atoms with Crippen molar-refractivity contribution in [2.45, 2.75) is 19.0 Å². The quantitative estimate of drug-likeness (QED) is 0.717. The fraction of sp³-hybridized carbons (Fsp3) is 0.273. The summed E-state index contributed by atoms with van der Waals surface area (Å²) in [5, 5.41) is 0.317. The minimum atomic E-state index is -0.422. The Balaban J connectivity index is 2.44. The summed E-state index contributed by atoms with van der Waals surface area (Å²) in [5.74, 6) is 0.179. The van der Waals surface area contributed by atoms with Crippen LogP contribution in [0.15, 0.2) is 23.0 Å². The summed E-state index contributed by atoms with van der Waals surface area (Å²) in [6.07, 6.45) is 0.709. The van der Waals surface area contributed by atoms with E-state index in [0.717, 1.165) is 0 Å². The van der Waals surface area contributed by atoms with Gasteiger partial charge in [0.1, 0.15) is 11.6 Å². The summed E-state index contributed by atoms with van der Waals surface area (Å²) in [6, 6.07) is 3.84. The number of nitrogens with two attached hydrogens (primary N) is 1. The molecule has 4 nitrogen and oxygen atoms in total. The second kappa shape index (κ2) is 3.12. The fourth-order valence-electron chi connectivity index (χ4n) is 2.11. The van der Waals surface area contributed by atoms with E-state index >= 15 is 0 Å². The van der Waals surface area contributed by atoms with Crippen LogP contribution in [-0.4, -0.2) is 9.55 Å². The Bertz CT molecular complexity index is 635. The third-order valence-corrected chi connectivity index (χ3v) is 2.94. The van der Waals surface area contributed by atoms with Gasteiger partial charge in [0, 0.05) is 6.54 Å². The highest BCUT2D eigenvalue weighted by molar-refractivity contribution is 5.77. The maximum atomic E-state index is 13.0. The van der Waals surface area contributed by atoms with Gasteiger partial charge in [0.15, 0.2) is 0 Å². The molecule has 0 fully saturated rings. The average Bonchev–Trinajstić information content (AvgIpc) is 2.63. The van der Waals surface area contributed by atoms with Gasteiger partial charge in [-0.15, -0.1) is 0 Å². The molecular weight excluding hydrogens is 209 g/mol. The van der Waals surface area contributed by atoms with Crippen molar-refractivity contribution < 1.29 is 4.39 Å². The number of benzene rings is 1. The van der Waals surface area contributed by atoms with Crippen molar-refractivity contribution in [3.63, 3.8) is 0 Å². The van der Waals surface area contributed by atoms with Crippen LogP contribution in [0.3, 0.4) is 0 Å². The molecule has 0 bridgehead atoms. The lowest BCUT2D eigenvalue weighted by Crippen LogP contribution is -2.22. The Labute approximate surface area is 90.5 Å². The van der Waals surface area contributed by atoms with Crippen LogP contribution < -0.4 is 11.3 Å². The summed E-state index contributed by atoms with van der Waals surface area (Å²) in [5.41, 5.74) is 6.15. The van der Waals surface area contributed by atoms with Crippen molar-refractivity contribution in [2.24, 2.45) is 5.73 Å². The van der Waals surface area contributed by atoms with Crippen molar-refractivity contribution in [3.8, 4) is 0 Å². The van der Waals surface area contributed by atoms with Crippen LogP contribution in [0.4, 0.5) is 4.39 Å². The summed E-state index contributed by atoms with van der Waals surface area (Å²) >= 11 is 0. The van der Waals surface area contributed by atoms with E-state index in [1.54, 1.807) is 0 Å². The molecule has 1 atom stereocenters. The van der Waals surface area contributed by atoms with Crippen LogP contribution in [-0.2, 0) is 6.54 Å². The van der Waals surface area contributed by atoms with E-state index < -0.39 is 5.82 Å². The Morgan fingerprint density at radius 2 is 2.31 bits per heavy atom. The first-order valence-electron chi connectivity index (χ1n) is 5.12. The number of halogens is 1. The second-order valence-electron chi connectivity index (χ2n) is 3.98. The molecule has 0 saturated heterocycles. The van der Waals surface area contributed by atoms with E-state index in [-0.39, 0.29) is 11.6 Å². The topological polar surface area (TPSA) is 60.9 Å². The van der Waals surface area contributed by atoms with Crippen molar-refractivity contribution in [2.75, 3.05) is 0 Å². The molecule has 2 heterocycles. The zero-order valence-corrected chi connectivity index (χ0v) is 8.48. The molecule has 2 aromatic rings. The van der Waals surface area contributed by atoms with E-state index in [1.807, 2.05) is 0 Å². The van der Waals surface area contributed by atoms with Crippen LogP contribution in [0.1, 0.15) is 18.3 Å². The monoisotopic (exact) mass is 219 g/mol. The Morgan fingerprint density at radius 1 is 1.50 bits per heavy atom. The normalized spacial score (nSPS) is 19.0. The maximum absolute atomic E-state index is 13.0. The SMILES string of the molecule is N[C@H]1CCn2c1nc1ccc(F)cc1c2=O. The molecule has 1 aliphatic heterocycles. The second-order valence-corrected chi connectivity index (χ2v) is 3.98. The molecule has 1 aliphatic rings. The summed E-state index contributed by atoms with van der Waals surface area (Å²) in [6.45, 7) is 0.564. The predicted octanol–water partition coefficient (Wildman–Crippen LogP) is 0.939. The number of hydrogen-bond donors (Lipinski definition) is 1. The summed E-state index contributed by atoms with van der Waals surface area (Å²) in [4.78, 5) is 16.3. The molecule has 1 aromatic carbocycles.